The molecule has 1 aliphatic carbocycles. The number of fused-ring (bicyclic) bond motifs is 3. The summed E-state index contributed by atoms with van der Waals surface area (Å²) in [7, 11) is 0. The predicted molar refractivity (Wildman–Crippen MR) is 106 cm³/mol. The van der Waals surface area contributed by atoms with E-state index in [4.69, 9.17) is 9.47 Å². The summed E-state index contributed by atoms with van der Waals surface area (Å²) in [5, 5.41) is 4.12. The molecule has 0 N–H and O–H groups in total. The molecule has 1 amide bonds. The fourth-order valence-electron chi connectivity index (χ4n) is 5.08. The molecule has 1 aromatic heterocycles. The Bertz CT molecular complexity index is 855. The third kappa shape index (κ3) is 2.83. The maximum absolute atomic E-state index is 13.2. The van der Waals surface area contributed by atoms with E-state index in [9.17, 15) is 4.79 Å². The first kappa shape index (κ1) is 17.1. The van der Waals surface area contributed by atoms with E-state index in [2.05, 4.69) is 35.4 Å². The Morgan fingerprint density at radius 3 is 2.67 bits per heavy atom. The van der Waals surface area contributed by atoms with Gasteiger partial charge in [0.1, 0.15) is 13.2 Å². The molecule has 2 aliphatic heterocycles. The van der Waals surface area contributed by atoms with Gasteiger partial charge >= 0.3 is 0 Å². The van der Waals surface area contributed by atoms with Gasteiger partial charge in [-0.25, -0.2) is 0 Å². The first-order chi connectivity index (χ1) is 13.2. The summed E-state index contributed by atoms with van der Waals surface area (Å²) in [6, 6.07) is 6.47. The summed E-state index contributed by atoms with van der Waals surface area (Å²) < 4.78 is 11.7. The van der Waals surface area contributed by atoms with Crippen LogP contribution in [0.5, 0.6) is 11.5 Å². The number of carbonyl (C=O) groups is 1. The van der Waals surface area contributed by atoms with Gasteiger partial charge in [0.05, 0.1) is 12.5 Å². The SMILES string of the molecule is CC1c2cc3c(cc2C2(CCCC2)CN1C(=O)Cc1ccsc1)OCCO3. The quantitative estimate of drug-likeness (QED) is 0.768. The minimum atomic E-state index is 0.0631. The highest BCUT2D eigenvalue weighted by Crippen LogP contribution is 2.52. The average Bonchev–Trinajstić information content (AvgIpc) is 3.36. The molecule has 5 heteroatoms. The maximum atomic E-state index is 13.2. The summed E-state index contributed by atoms with van der Waals surface area (Å²) in [6.45, 7) is 4.18. The Kier molecular flexibility index (Phi) is 4.15. The predicted octanol–water partition coefficient (Wildman–Crippen LogP) is 4.48. The molecule has 1 fully saturated rings. The summed E-state index contributed by atoms with van der Waals surface area (Å²) >= 11 is 1.65. The first-order valence-electron chi connectivity index (χ1n) is 9.91. The highest BCUT2D eigenvalue weighted by molar-refractivity contribution is 7.08. The monoisotopic (exact) mass is 383 g/mol. The number of hydrogen-bond acceptors (Lipinski definition) is 4. The van der Waals surface area contributed by atoms with Crippen LogP contribution in [-0.2, 0) is 16.6 Å². The van der Waals surface area contributed by atoms with Crippen molar-refractivity contribution in [3.8, 4) is 11.5 Å². The average molecular weight is 384 g/mol. The topological polar surface area (TPSA) is 38.8 Å². The van der Waals surface area contributed by atoms with Crippen LogP contribution in [0, 0.1) is 0 Å². The lowest BCUT2D eigenvalue weighted by molar-refractivity contribution is -0.134. The van der Waals surface area contributed by atoms with Crippen molar-refractivity contribution < 1.29 is 14.3 Å². The number of amides is 1. The second kappa shape index (κ2) is 6.55. The second-order valence-corrected chi connectivity index (χ2v) is 8.86. The van der Waals surface area contributed by atoms with Crippen LogP contribution in [0.25, 0.3) is 0 Å². The standard InChI is InChI=1S/C22H25NO3S/c1-15-17-11-19-20(26-8-7-25-19)12-18(17)22(5-2-3-6-22)14-23(15)21(24)10-16-4-9-27-13-16/h4,9,11-13,15H,2-3,5-8,10,14H2,1H3. The molecule has 2 aromatic rings. The van der Waals surface area contributed by atoms with Gasteiger partial charge in [-0.3, -0.25) is 4.79 Å². The van der Waals surface area contributed by atoms with Crippen LogP contribution in [0.3, 0.4) is 0 Å². The van der Waals surface area contributed by atoms with Gasteiger partial charge in [0.2, 0.25) is 5.91 Å². The number of ether oxygens (including phenoxy) is 2. The van der Waals surface area contributed by atoms with Crippen molar-refractivity contribution >= 4 is 17.2 Å². The van der Waals surface area contributed by atoms with Crippen LogP contribution >= 0.6 is 11.3 Å². The molecule has 142 valence electrons. The normalized spacial score (nSPS) is 22.7. The molecule has 27 heavy (non-hydrogen) atoms. The van der Waals surface area contributed by atoms with Gasteiger partial charge in [-0.05, 0) is 65.4 Å². The first-order valence-corrected chi connectivity index (χ1v) is 10.9. The number of hydrogen-bond donors (Lipinski definition) is 0. The van der Waals surface area contributed by atoms with E-state index in [0.717, 1.165) is 36.4 Å². The van der Waals surface area contributed by atoms with Crippen molar-refractivity contribution in [2.24, 2.45) is 0 Å². The molecule has 3 heterocycles. The van der Waals surface area contributed by atoms with E-state index in [1.54, 1.807) is 11.3 Å². The second-order valence-electron chi connectivity index (χ2n) is 8.08. The van der Waals surface area contributed by atoms with E-state index < -0.39 is 0 Å². The molecule has 1 aromatic carbocycles. The van der Waals surface area contributed by atoms with Crippen LogP contribution in [-0.4, -0.2) is 30.6 Å². The minimum Gasteiger partial charge on any atom is -0.486 e. The van der Waals surface area contributed by atoms with Gasteiger partial charge in [-0.15, -0.1) is 0 Å². The number of thiophene rings is 1. The maximum Gasteiger partial charge on any atom is 0.227 e. The molecule has 5 rings (SSSR count). The Morgan fingerprint density at radius 2 is 1.96 bits per heavy atom. The van der Waals surface area contributed by atoms with Crippen LogP contribution < -0.4 is 9.47 Å². The summed E-state index contributed by atoms with van der Waals surface area (Å²) in [6.07, 6.45) is 5.25. The largest absolute Gasteiger partial charge is 0.486 e. The highest BCUT2D eigenvalue weighted by Gasteiger charge is 2.46. The Balaban J connectivity index is 1.55. The van der Waals surface area contributed by atoms with Crippen molar-refractivity contribution in [1.82, 2.24) is 4.90 Å². The highest BCUT2D eigenvalue weighted by atomic mass is 32.1. The zero-order chi connectivity index (χ0) is 18.4. The lowest BCUT2D eigenvalue weighted by atomic mass is 9.71. The zero-order valence-electron chi connectivity index (χ0n) is 15.7. The third-order valence-corrected chi connectivity index (χ3v) is 7.22. The molecule has 0 bridgehead atoms. The minimum absolute atomic E-state index is 0.0631. The number of rotatable bonds is 2. The van der Waals surface area contributed by atoms with Crippen molar-refractivity contribution in [1.29, 1.82) is 0 Å². The number of carbonyl (C=O) groups excluding carboxylic acids is 1. The third-order valence-electron chi connectivity index (χ3n) is 6.49. The molecular formula is C22H25NO3S. The molecule has 1 unspecified atom stereocenters. The van der Waals surface area contributed by atoms with Gasteiger partial charge in [0.15, 0.2) is 11.5 Å². The molecular weight excluding hydrogens is 358 g/mol. The fourth-order valence-corrected chi connectivity index (χ4v) is 5.75. The van der Waals surface area contributed by atoms with E-state index in [1.165, 1.54) is 24.0 Å². The van der Waals surface area contributed by atoms with Crippen LogP contribution in [0.4, 0.5) is 0 Å². The molecule has 0 saturated heterocycles. The van der Waals surface area contributed by atoms with Crippen molar-refractivity contribution in [2.75, 3.05) is 19.8 Å². The molecule has 0 radical (unpaired) electrons. The van der Waals surface area contributed by atoms with Gasteiger partial charge in [-0.1, -0.05) is 12.8 Å². The van der Waals surface area contributed by atoms with Crippen LogP contribution in [0.2, 0.25) is 0 Å². The van der Waals surface area contributed by atoms with Crippen molar-refractivity contribution in [2.45, 2.75) is 50.5 Å². The Hall–Kier alpha value is -2.01. The van der Waals surface area contributed by atoms with Gasteiger partial charge in [-0.2, -0.15) is 11.3 Å². The van der Waals surface area contributed by atoms with Gasteiger partial charge in [0, 0.05) is 12.0 Å². The lowest BCUT2D eigenvalue weighted by Crippen LogP contribution is -2.49. The van der Waals surface area contributed by atoms with Crippen LogP contribution in [0.15, 0.2) is 29.0 Å². The Morgan fingerprint density at radius 1 is 1.22 bits per heavy atom. The van der Waals surface area contributed by atoms with Gasteiger partial charge in [0.25, 0.3) is 0 Å². The van der Waals surface area contributed by atoms with Crippen LogP contribution in [0.1, 0.15) is 55.3 Å². The zero-order valence-corrected chi connectivity index (χ0v) is 16.5. The molecule has 1 saturated carbocycles. The Labute approximate surface area is 164 Å². The molecule has 1 spiro atoms. The number of nitrogens with zero attached hydrogens (tertiary/aromatic N) is 1. The fraction of sp³-hybridized carbons (Fsp3) is 0.500. The molecule has 3 aliphatic rings. The summed E-state index contributed by atoms with van der Waals surface area (Å²) in [5.41, 5.74) is 3.81. The van der Waals surface area contributed by atoms with E-state index in [0.29, 0.717) is 19.6 Å². The van der Waals surface area contributed by atoms with E-state index >= 15 is 0 Å². The van der Waals surface area contributed by atoms with Crippen molar-refractivity contribution in [3.63, 3.8) is 0 Å². The molecule has 4 nitrogen and oxygen atoms in total. The smallest absolute Gasteiger partial charge is 0.227 e. The summed E-state index contributed by atoms with van der Waals surface area (Å²) in [5.74, 6) is 1.93. The van der Waals surface area contributed by atoms with Crippen molar-refractivity contribution in [3.05, 3.63) is 45.6 Å². The number of benzene rings is 1. The molecule has 1 atom stereocenters. The van der Waals surface area contributed by atoms with E-state index in [-0.39, 0.29) is 17.4 Å². The lowest BCUT2D eigenvalue weighted by Gasteiger charge is -2.46. The summed E-state index contributed by atoms with van der Waals surface area (Å²) in [4.78, 5) is 15.3. The van der Waals surface area contributed by atoms with Gasteiger partial charge < -0.3 is 14.4 Å². The van der Waals surface area contributed by atoms with E-state index in [1.807, 2.05) is 5.38 Å².